The van der Waals surface area contributed by atoms with Crippen molar-refractivity contribution in [1.82, 2.24) is 14.8 Å². The van der Waals surface area contributed by atoms with Crippen molar-refractivity contribution in [1.29, 1.82) is 0 Å². The van der Waals surface area contributed by atoms with E-state index in [1.165, 1.54) is 12.8 Å². The second kappa shape index (κ2) is 3.51. The van der Waals surface area contributed by atoms with Gasteiger partial charge in [0.15, 0.2) is 0 Å². The Kier molecular flexibility index (Phi) is 2.63. The first-order valence-corrected chi connectivity index (χ1v) is 4.09. The van der Waals surface area contributed by atoms with Crippen LogP contribution in [0, 0.1) is 0 Å². The van der Waals surface area contributed by atoms with E-state index in [9.17, 15) is 0 Å². The molecule has 3 heteroatoms. The van der Waals surface area contributed by atoms with Crippen molar-refractivity contribution in [2.45, 2.75) is 32.6 Å². The average molecular weight is 153 g/mol. The van der Waals surface area contributed by atoms with Gasteiger partial charge in [-0.3, -0.25) is 0 Å². The summed E-state index contributed by atoms with van der Waals surface area (Å²) in [7, 11) is 1.99. The third-order valence-corrected chi connectivity index (χ3v) is 1.91. The number of aryl methyl sites for hydroxylation is 1. The highest BCUT2D eigenvalue weighted by atomic mass is 15.2. The molecule has 0 saturated heterocycles. The molecule has 0 radical (unpaired) electrons. The minimum absolute atomic E-state index is 0.535. The minimum atomic E-state index is 0.535. The van der Waals surface area contributed by atoms with Gasteiger partial charge in [0.2, 0.25) is 0 Å². The molecular weight excluding hydrogens is 138 g/mol. The van der Waals surface area contributed by atoms with Crippen LogP contribution in [0.25, 0.3) is 0 Å². The highest BCUT2D eigenvalue weighted by Crippen LogP contribution is 2.16. The summed E-state index contributed by atoms with van der Waals surface area (Å²) in [5.74, 6) is 1.62. The molecule has 3 nitrogen and oxygen atoms in total. The number of aromatic nitrogens is 3. The maximum absolute atomic E-state index is 4.05. The lowest BCUT2D eigenvalue weighted by Gasteiger charge is -2.07. The predicted molar refractivity (Wildman–Crippen MR) is 44.3 cm³/mol. The van der Waals surface area contributed by atoms with Gasteiger partial charge in [-0.15, -0.1) is 10.2 Å². The summed E-state index contributed by atoms with van der Waals surface area (Å²) in [6, 6.07) is 0. The highest BCUT2D eigenvalue weighted by molar-refractivity contribution is 4.92. The van der Waals surface area contributed by atoms with Crippen LogP contribution in [0.4, 0.5) is 0 Å². The minimum Gasteiger partial charge on any atom is -0.321 e. The lowest BCUT2D eigenvalue weighted by molar-refractivity contribution is 0.600. The first kappa shape index (κ1) is 8.24. The Labute approximate surface area is 67.4 Å². The molecule has 0 aliphatic rings. The fraction of sp³-hybridized carbons (Fsp3) is 0.750. The van der Waals surface area contributed by atoms with Crippen LogP contribution in [-0.2, 0) is 7.05 Å². The summed E-state index contributed by atoms with van der Waals surface area (Å²) in [6.45, 7) is 4.38. The molecule has 1 atom stereocenters. The van der Waals surface area contributed by atoms with Gasteiger partial charge in [0.25, 0.3) is 0 Å². The van der Waals surface area contributed by atoms with Gasteiger partial charge in [0.1, 0.15) is 12.2 Å². The molecule has 0 aliphatic heterocycles. The zero-order valence-electron chi connectivity index (χ0n) is 7.41. The summed E-state index contributed by atoms with van der Waals surface area (Å²) in [4.78, 5) is 0. The van der Waals surface area contributed by atoms with Gasteiger partial charge in [0.05, 0.1) is 0 Å². The van der Waals surface area contributed by atoms with Crippen LogP contribution in [0.5, 0.6) is 0 Å². The zero-order valence-corrected chi connectivity index (χ0v) is 7.41. The Morgan fingerprint density at radius 1 is 1.64 bits per heavy atom. The van der Waals surface area contributed by atoms with Crippen LogP contribution in [0.15, 0.2) is 6.33 Å². The molecule has 0 aliphatic carbocycles. The van der Waals surface area contributed by atoms with E-state index in [0.717, 1.165) is 5.82 Å². The molecule has 0 amide bonds. The van der Waals surface area contributed by atoms with Gasteiger partial charge in [-0.05, 0) is 6.42 Å². The second-order valence-corrected chi connectivity index (χ2v) is 2.99. The van der Waals surface area contributed by atoms with Crippen molar-refractivity contribution in [2.24, 2.45) is 7.05 Å². The van der Waals surface area contributed by atoms with E-state index in [4.69, 9.17) is 0 Å². The fourth-order valence-corrected chi connectivity index (χ4v) is 1.30. The van der Waals surface area contributed by atoms with E-state index in [0.29, 0.717) is 5.92 Å². The molecule has 1 heterocycles. The van der Waals surface area contributed by atoms with Crippen LogP contribution >= 0.6 is 0 Å². The molecular formula is C8H15N3. The predicted octanol–water partition coefficient (Wildman–Crippen LogP) is 1.72. The van der Waals surface area contributed by atoms with Crippen molar-refractivity contribution in [3.8, 4) is 0 Å². The van der Waals surface area contributed by atoms with E-state index in [-0.39, 0.29) is 0 Å². The largest absolute Gasteiger partial charge is 0.321 e. The molecule has 0 fully saturated rings. The van der Waals surface area contributed by atoms with E-state index < -0.39 is 0 Å². The van der Waals surface area contributed by atoms with Gasteiger partial charge in [0, 0.05) is 13.0 Å². The van der Waals surface area contributed by atoms with E-state index in [2.05, 4.69) is 24.0 Å². The molecule has 0 aromatic carbocycles. The number of nitrogens with zero attached hydrogens (tertiary/aromatic N) is 3. The van der Waals surface area contributed by atoms with Crippen LogP contribution in [0.2, 0.25) is 0 Å². The van der Waals surface area contributed by atoms with Gasteiger partial charge in [-0.1, -0.05) is 20.3 Å². The lowest BCUT2D eigenvalue weighted by atomic mass is 10.1. The molecule has 1 rings (SSSR count). The van der Waals surface area contributed by atoms with Gasteiger partial charge in [-0.2, -0.15) is 0 Å². The van der Waals surface area contributed by atoms with Crippen molar-refractivity contribution in [2.75, 3.05) is 0 Å². The van der Waals surface area contributed by atoms with E-state index >= 15 is 0 Å². The molecule has 1 unspecified atom stereocenters. The van der Waals surface area contributed by atoms with Crippen molar-refractivity contribution in [3.63, 3.8) is 0 Å². The molecule has 0 bridgehead atoms. The maximum atomic E-state index is 4.05. The topological polar surface area (TPSA) is 30.7 Å². The maximum Gasteiger partial charge on any atom is 0.135 e. The highest BCUT2D eigenvalue weighted by Gasteiger charge is 2.08. The molecule has 11 heavy (non-hydrogen) atoms. The number of hydrogen-bond acceptors (Lipinski definition) is 2. The molecule has 62 valence electrons. The Bertz CT molecular complexity index is 217. The van der Waals surface area contributed by atoms with Crippen LogP contribution < -0.4 is 0 Å². The quantitative estimate of drug-likeness (QED) is 0.662. The van der Waals surface area contributed by atoms with E-state index in [1.807, 2.05) is 11.6 Å². The lowest BCUT2D eigenvalue weighted by Crippen LogP contribution is -2.02. The third-order valence-electron chi connectivity index (χ3n) is 1.91. The Hall–Kier alpha value is -0.860. The molecule has 0 spiro atoms. The first-order valence-electron chi connectivity index (χ1n) is 4.09. The van der Waals surface area contributed by atoms with Gasteiger partial charge in [-0.25, -0.2) is 0 Å². The number of rotatable bonds is 3. The van der Waals surface area contributed by atoms with Crippen molar-refractivity contribution < 1.29 is 0 Å². The first-order chi connectivity index (χ1) is 5.25. The Morgan fingerprint density at radius 2 is 2.36 bits per heavy atom. The van der Waals surface area contributed by atoms with Crippen LogP contribution in [0.3, 0.4) is 0 Å². The summed E-state index contributed by atoms with van der Waals surface area (Å²) < 4.78 is 1.99. The molecule has 0 N–H and O–H groups in total. The normalized spacial score (nSPS) is 13.4. The molecule has 1 aromatic heterocycles. The fourth-order valence-electron chi connectivity index (χ4n) is 1.30. The monoisotopic (exact) mass is 153 g/mol. The van der Waals surface area contributed by atoms with Crippen molar-refractivity contribution in [3.05, 3.63) is 12.2 Å². The smallest absolute Gasteiger partial charge is 0.135 e. The zero-order chi connectivity index (χ0) is 8.27. The Balaban J connectivity index is 2.67. The van der Waals surface area contributed by atoms with Gasteiger partial charge >= 0.3 is 0 Å². The summed E-state index contributed by atoms with van der Waals surface area (Å²) in [6.07, 6.45) is 4.14. The summed E-state index contributed by atoms with van der Waals surface area (Å²) in [5.41, 5.74) is 0. The van der Waals surface area contributed by atoms with Crippen molar-refractivity contribution >= 4 is 0 Å². The van der Waals surface area contributed by atoms with E-state index in [1.54, 1.807) is 6.33 Å². The second-order valence-electron chi connectivity index (χ2n) is 2.99. The molecule has 1 aromatic rings. The average Bonchev–Trinajstić information content (AvgIpc) is 2.36. The van der Waals surface area contributed by atoms with Gasteiger partial charge < -0.3 is 4.57 Å². The summed E-state index contributed by atoms with van der Waals surface area (Å²) >= 11 is 0. The standard InChI is InChI=1S/C8H15N3/c1-4-5-7(2)8-10-9-6-11(8)3/h6-7H,4-5H2,1-3H3. The summed E-state index contributed by atoms with van der Waals surface area (Å²) in [5, 5.41) is 7.89. The van der Waals surface area contributed by atoms with Crippen LogP contribution in [-0.4, -0.2) is 14.8 Å². The number of hydrogen-bond donors (Lipinski definition) is 0. The Morgan fingerprint density at radius 3 is 2.82 bits per heavy atom. The third kappa shape index (κ3) is 1.79. The van der Waals surface area contributed by atoms with Crippen LogP contribution in [0.1, 0.15) is 38.4 Å². The SMILES string of the molecule is CCCC(C)c1nncn1C. The molecule has 0 saturated carbocycles.